The lowest BCUT2D eigenvalue weighted by molar-refractivity contribution is 0.546. The maximum absolute atomic E-state index is 5.54. The normalized spacial score (nSPS) is 10.9. The van der Waals surface area contributed by atoms with Crippen LogP contribution in [0.2, 0.25) is 0 Å². The highest BCUT2D eigenvalue weighted by Crippen LogP contribution is 2.23. The highest BCUT2D eigenvalue weighted by atomic mass is 32.1. The molecule has 0 amide bonds. The molecule has 0 aliphatic rings. The lowest BCUT2D eigenvalue weighted by atomic mass is 10.3. The Morgan fingerprint density at radius 3 is 3.00 bits per heavy atom. The molecule has 0 aliphatic heterocycles. The van der Waals surface area contributed by atoms with E-state index in [-0.39, 0.29) is 0 Å². The van der Waals surface area contributed by atoms with Crippen LogP contribution in [0.5, 0.6) is 0 Å². The van der Waals surface area contributed by atoms with Gasteiger partial charge in [0.2, 0.25) is 0 Å². The molecule has 2 heterocycles. The monoisotopic (exact) mass is 236 g/mol. The minimum absolute atomic E-state index is 0.864. The first kappa shape index (κ1) is 11.4. The number of aryl methyl sites for hydroxylation is 1. The molecule has 0 aliphatic carbocycles. The van der Waals surface area contributed by atoms with Crippen molar-refractivity contribution in [2.75, 3.05) is 13.1 Å². The molecule has 0 saturated heterocycles. The van der Waals surface area contributed by atoms with Crippen LogP contribution in [0, 0.1) is 6.92 Å². The van der Waals surface area contributed by atoms with E-state index in [4.69, 9.17) is 4.42 Å². The summed E-state index contributed by atoms with van der Waals surface area (Å²) >= 11 is 1.69. The summed E-state index contributed by atoms with van der Waals surface area (Å²) in [6.45, 7) is 6.05. The van der Waals surface area contributed by atoms with E-state index in [2.05, 4.69) is 22.6 Å². The second kappa shape index (κ2) is 5.27. The van der Waals surface area contributed by atoms with E-state index in [9.17, 15) is 0 Å². The number of nitrogens with zero attached hydrogens (tertiary/aromatic N) is 1. The number of hydrogen-bond donors (Lipinski definition) is 1. The molecule has 0 atom stereocenters. The molecule has 0 radical (unpaired) electrons. The fourth-order valence-electron chi connectivity index (χ4n) is 1.48. The molecule has 0 unspecified atom stereocenters. The molecule has 4 heteroatoms. The lowest BCUT2D eigenvalue weighted by Crippen LogP contribution is -2.15. The summed E-state index contributed by atoms with van der Waals surface area (Å²) < 4.78 is 5.54. The Kier molecular flexibility index (Phi) is 3.74. The molecule has 2 aromatic heterocycles. The predicted octanol–water partition coefficient (Wildman–Crippen LogP) is 2.86. The first-order valence-electron chi connectivity index (χ1n) is 5.51. The van der Waals surface area contributed by atoms with Crippen molar-refractivity contribution < 1.29 is 4.42 Å². The number of likely N-dealkylation sites (N-methyl/N-ethyl adjacent to an activating group) is 1. The highest BCUT2D eigenvalue weighted by Gasteiger charge is 2.07. The summed E-state index contributed by atoms with van der Waals surface area (Å²) in [6.07, 6.45) is 0.984. The summed E-state index contributed by atoms with van der Waals surface area (Å²) in [5.74, 6) is 1.79. The van der Waals surface area contributed by atoms with Gasteiger partial charge in [-0.1, -0.05) is 6.92 Å². The maximum Gasteiger partial charge on any atom is 0.153 e. The lowest BCUT2D eigenvalue weighted by Gasteiger charge is -1.96. The Morgan fingerprint density at radius 2 is 2.31 bits per heavy atom. The second-order valence-electron chi connectivity index (χ2n) is 3.64. The van der Waals surface area contributed by atoms with Crippen LogP contribution in [-0.4, -0.2) is 18.1 Å². The first-order valence-corrected chi connectivity index (χ1v) is 6.39. The summed E-state index contributed by atoms with van der Waals surface area (Å²) in [4.78, 5) is 4.55. The first-order chi connectivity index (χ1) is 7.79. The molecule has 16 heavy (non-hydrogen) atoms. The fraction of sp³-hybridized carbons (Fsp3) is 0.417. The number of nitrogens with one attached hydrogen (secondary N) is 1. The zero-order chi connectivity index (χ0) is 11.4. The molecule has 0 saturated carbocycles. The van der Waals surface area contributed by atoms with Crippen LogP contribution in [0.25, 0.3) is 11.5 Å². The van der Waals surface area contributed by atoms with E-state index in [1.165, 1.54) is 0 Å². The SMILES string of the molecule is CCNCCc1nc(-c2ccc(C)o2)cs1. The van der Waals surface area contributed by atoms with Gasteiger partial charge < -0.3 is 9.73 Å². The van der Waals surface area contributed by atoms with Crippen molar-refractivity contribution in [2.24, 2.45) is 0 Å². The van der Waals surface area contributed by atoms with Crippen LogP contribution in [0.3, 0.4) is 0 Å². The summed E-state index contributed by atoms with van der Waals surface area (Å²) in [7, 11) is 0. The Hall–Kier alpha value is -1.13. The van der Waals surface area contributed by atoms with Gasteiger partial charge in [-0.3, -0.25) is 0 Å². The van der Waals surface area contributed by atoms with Crippen molar-refractivity contribution in [1.82, 2.24) is 10.3 Å². The number of thiazole rings is 1. The van der Waals surface area contributed by atoms with Crippen LogP contribution >= 0.6 is 11.3 Å². The maximum atomic E-state index is 5.54. The number of aromatic nitrogens is 1. The van der Waals surface area contributed by atoms with Crippen molar-refractivity contribution in [1.29, 1.82) is 0 Å². The van der Waals surface area contributed by atoms with E-state index >= 15 is 0 Å². The third-order valence-electron chi connectivity index (χ3n) is 2.31. The Balaban J connectivity index is 2.02. The van der Waals surface area contributed by atoms with Crippen molar-refractivity contribution in [3.63, 3.8) is 0 Å². The number of hydrogen-bond acceptors (Lipinski definition) is 4. The second-order valence-corrected chi connectivity index (χ2v) is 4.58. The summed E-state index contributed by atoms with van der Waals surface area (Å²) in [6, 6.07) is 3.94. The Bertz CT molecular complexity index is 447. The van der Waals surface area contributed by atoms with Crippen LogP contribution in [0.15, 0.2) is 21.9 Å². The standard InChI is InChI=1S/C12H16N2OS/c1-3-13-7-6-12-14-10(8-16-12)11-5-4-9(2)15-11/h4-5,8,13H,3,6-7H2,1-2H3. The van der Waals surface area contributed by atoms with E-state index in [1.54, 1.807) is 11.3 Å². The van der Waals surface area contributed by atoms with Crippen molar-refractivity contribution >= 4 is 11.3 Å². The van der Waals surface area contributed by atoms with Gasteiger partial charge in [0.1, 0.15) is 11.5 Å². The molecule has 1 N–H and O–H groups in total. The molecule has 2 rings (SSSR count). The number of furan rings is 1. The third kappa shape index (κ3) is 2.71. The average molecular weight is 236 g/mol. The van der Waals surface area contributed by atoms with Gasteiger partial charge in [-0.15, -0.1) is 11.3 Å². The molecule has 0 fully saturated rings. The molecule has 3 nitrogen and oxygen atoms in total. The van der Waals surface area contributed by atoms with Gasteiger partial charge in [0.15, 0.2) is 5.76 Å². The van der Waals surface area contributed by atoms with Crippen LogP contribution in [0.4, 0.5) is 0 Å². The Labute approximate surface area is 99.5 Å². The van der Waals surface area contributed by atoms with Crippen molar-refractivity contribution in [2.45, 2.75) is 20.3 Å². The van der Waals surface area contributed by atoms with Crippen molar-refractivity contribution in [3.05, 3.63) is 28.3 Å². The van der Waals surface area contributed by atoms with E-state index in [0.29, 0.717) is 0 Å². The molecule has 0 bridgehead atoms. The van der Waals surface area contributed by atoms with Crippen molar-refractivity contribution in [3.8, 4) is 11.5 Å². The van der Waals surface area contributed by atoms with Crippen LogP contribution in [-0.2, 0) is 6.42 Å². The van der Waals surface area contributed by atoms with Crippen LogP contribution < -0.4 is 5.32 Å². The van der Waals surface area contributed by atoms with Gasteiger partial charge in [0.25, 0.3) is 0 Å². The van der Waals surface area contributed by atoms with E-state index < -0.39 is 0 Å². The highest BCUT2D eigenvalue weighted by molar-refractivity contribution is 7.09. The molecular weight excluding hydrogens is 220 g/mol. The zero-order valence-corrected chi connectivity index (χ0v) is 10.4. The fourth-order valence-corrected chi connectivity index (χ4v) is 2.27. The average Bonchev–Trinajstić information content (AvgIpc) is 2.87. The topological polar surface area (TPSA) is 38.1 Å². The number of rotatable bonds is 5. The van der Waals surface area contributed by atoms with Gasteiger partial charge in [-0.05, 0) is 25.6 Å². The van der Waals surface area contributed by atoms with E-state index in [0.717, 1.165) is 41.7 Å². The third-order valence-corrected chi connectivity index (χ3v) is 3.22. The van der Waals surface area contributed by atoms with Gasteiger partial charge in [-0.2, -0.15) is 0 Å². The van der Waals surface area contributed by atoms with Crippen LogP contribution in [0.1, 0.15) is 17.7 Å². The van der Waals surface area contributed by atoms with Gasteiger partial charge in [0, 0.05) is 18.3 Å². The van der Waals surface area contributed by atoms with Gasteiger partial charge >= 0.3 is 0 Å². The zero-order valence-electron chi connectivity index (χ0n) is 9.62. The molecule has 0 aromatic carbocycles. The smallest absolute Gasteiger partial charge is 0.153 e. The molecule has 2 aromatic rings. The quantitative estimate of drug-likeness (QED) is 0.811. The molecular formula is C12H16N2OS. The van der Waals surface area contributed by atoms with Gasteiger partial charge in [-0.25, -0.2) is 4.98 Å². The molecule has 86 valence electrons. The van der Waals surface area contributed by atoms with E-state index in [1.807, 2.05) is 19.1 Å². The Morgan fingerprint density at radius 1 is 1.44 bits per heavy atom. The largest absolute Gasteiger partial charge is 0.460 e. The minimum atomic E-state index is 0.864. The summed E-state index contributed by atoms with van der Waals surface area (Å²) in [5.41, 5.74) is 0.949. The predicted molar refractivity (Wildman–Crippen MR) is 66.8 cm³/mol. The minimum Gasteiger partial charge on any atom is -0.460 e. The summed E-state index contributed by atoms with van der Waals surface area (Å²) in [5, 5.41) is 6.51. The van der Waals surface area contributed by atoms with Gasteiger partial charge in [0.05, 0.1) is 5.01 Å². The molecule has 0 spiro atoms.